The van der Waals surface area contributed by atoms with Crippen molar-refractivity contribution in [1.29, 1.82) is 0 Å². The number of benzene rings is 1. The first kappa shape index (κ1) is 15.5. The van der Waals surface area contributed by atoms with Gasteiger partial charge in [-0.15, -0.1) is 0 Å². The van der Waals surface area contributed by atoms with Crippen LogP contribution in [0.15, 0.2) is 17.0 Å². The van der Waals surface area contributed by atoms with Gasteiger partial charge in [0.15, 0.2) is 0 Å². The van der Waals surface area contributed by atoms with Crippen molar-refractivity contribution in [2.24, 2.45) is 0 Å². The van der Waals surface area contributed by atoms with Gasteiger partial charge >= 0.3 is 5.97 Å². The van der Waals surface area contributed by atoms with Gasteiger partial charge in [0, 0.05) is 13.1 Å². The summed E-state index contributed by atoms with van der Waals surface area (Å²) in [5.74, 6) is -1.03. The Hall–Kier alpha value is -1.40. The summed E-state index contributed by atoms with van der Waals surface area (Å²) in [7, 11) is -3.58. The monoisotopic (exact) mass is 323 g/mol. The molecule has 1 aliphatic heterocycles. The molecule has 1 N–H and O–H groups in total. The van der Waals surface area contributed by atoms with Crippen LogP contribution in [-0.2, 0) is 22.9 Å². The summed E-state index contributed by atoms with van der Waals surface area (Å²) >= 11 is 0. The SMILES string of the molecule is O=C(O)c1cc(S(=O)(=O)N2CCCCC2)cc2c1CCCC2. The molecule has 1 aromatic carbocycles. The highest BCUT2D eigenvalue weighted by Crippen LogP contribution is 2.30. The zero-order valence-electron chi connectivity index (χ0n) is 12.5. The van der Waals surface area contributed by atoms with Crippen molar-refractivity contribution in [3.63, 3.8) is 0 Å². The molecule has 1 aromatic rings. The van der Waals surface area contributed by atoms with Gasteiger partial charge in [0.25, 0.3) is 0 Å². The highest BCUT2D eigenvalue weighted by Gasteiger charge is 2.29. The third kappa shape index (κ3) is 2.77. The van der Waals surface area contributed by atoms with Crippen molar-refractivity contribution in [2.45, 2.75) is 49.8 Å². The summed E-state index contributed by atoms with van der Waals surface area (Å²) in [4.78, 5) is 11.7. The van der Waals surface area contributed by atoms with E-state index in [0.29, 0.717) is 13.1 Å². The van der Waals surface area contributed by atoms with Crippen LogP contribution in [0.3, 0.4) is 0 Å². The lowest BCUT2D eigenvalue weighted by Crippen LogP contribution is -2.35. The normalized spacial score (nSPS) is 19.6. The van der Waals surface area contributed by atoms with Crippen molar-refractivity contribution >= 4 is 16.0 Å². The number of aryl methyl sites for hydroxylation is 1. The second kappa shape index (κ2) is 6.01. The summed E-state index contributed by atoms with van der Waals surface area (Å²) in [5.41, 5.74) is 1.87. The predicted octanol–water partition coefficient (Wildman–Crippen LogP) is 2.44. The molecule has 2 aliphatic rings. The first-order chi connectivity index (χ1) is 10.5. The van der Waals surface area contributed by atoms with Gasteiger partial charge in [-0.25, -0.2) is 13.2 Å². The molecule has 22 heavy (non-hydrogen) atoms. The Morgan fingerprint density at radius 3 is 2.36 bits per heavy atom. The average Bonchev–Trinajstić information content (AvgIpc) is 2.54. The first-order valence-electron chi connectivity index (χ1n) is 7.89. The number of carboxylic acids is 1. The van der Waals surface area contributed by atoms with E-state index in [-0.39, 0.29) is 10.5 Å². The Kier molecular flexibility index (Phi) is 4.23. The molecular weight excluding hydrogens is 302 g/mol. The van der Waals surface area contributed by atoms with E-state index >= 15 is 0 Å². The van der Waals surface area contributed by atoms with E-state index in [1.54, 1.807) is 6.07 Å². The fourth-order valence-corrected chi connectivity index (χ4v) is 5.03. The second-order valence-electron chi connectivity index (χ2n) is 6.09. The molecule has 0 atom stereocenters. The highest BCUT2D eigenvalue weighted by atomic mass is 32.2. The number of carboxylic acid groups (broad SMARTS) is 1. The number of aromatic carboxylic acids is 1. The smallest absolute Gasteiger partial charge is 0.336 e. The number of carbonyl (C=O) groups is 1. The average molecular weight is 323 g/mol. The largest absolute Gasteiger partial charge is 0.478 e. The van der Waals surface area contributed by atoms with Crippen LogP contribution in [0.5, 0.6) is 0 Å². The van der Waals surface area contributed by atoms with Crippen LogP contribution in [0.1, 0.15) is 53.6 Å². The Balaban J connectivity index is 2.07. The van der Waals surface area contributed by atoms with Gasteiger partial charge in [-0.1, -0.05) is 6.42 Å². The van der Waals surface area contributed by atoms with Crippen molar-refractivity contribution in [3.8, 4) is 0 Å². The number of hydrogen-bond donors (Lipinski definition) is 1. The molecule has 0 amide bonds. The van der Waals surface area contributed by atoms with Crippen molar-refractivity contribution in [3.05, 3.63) is 28.8 Å². The molecule has 5 nitrogen and oxygen atoms in total. The molecule has 120 valence electrons. The number of fused-ring (bicyclic) bond motifs is 1. The highest BCUT2D eigenvalue weighted by molar-refractivity contribution is 7.89. The predicted molar refractivity (Wildman–Crippen MR) is 82.7 cm³/mol. The number of rotatable bonds is 3. The number of nitrogens with zero attached hydrogens (tertiary/aromatic N) is 1. The fourth-order valence-electron chi connectivity index (χ4n) is 3.43. The standard InChI is InChI=1S/C16H21NO4S/c18-16(19)15-11-13(10-12-6-2-3-7-14(12)15)22(20,21)17-8-4-1-5-9-17/h10-11H,1-9H2,(H,18,19). The zero-order chi connectivity index (χ0) is 15.7. The van der Waals surface area contributed by atoms with E-state index in [9.17, 15) is 18.3 Å². The topological polar surface area (TPSA) is 74.7 Å². The van der Waals surface area contributed by atoms with E-state index < -0.39 is 16.0 Å². The quantitative estimate of drug-likeness (QED) is 0.927. The third-order valence-corrected chi connectivity index (χ3v) is 6.50. The van der Waals surface area contributed by atoms with Gasteiger partial charge in [-0.2, -0.15) is 4.31 Å². The summed E-state index contributed by atoms with van der Waals surface area (Å²) < 4.78 is 27.1. The van der Waals surface area contributed by atoms with E-state index in [2.05, 4.69) is 0 Å². The minimum Gasteiger partial charge on any atom is -0.478 e. The molecule has 0 radical (unpaired) electrons. The van der Waals surface area contributed by atoms with E-state index in [0.717, 1.165) is 56.1 Å². The van der Waals surface area contributed by atoms with Gasteiger partial charge in [0.1, 0.15) is 0 Å². The van der Waals surface area contributed by atoms with Crippen LogP contribution in [0, 0.1) is 0 Å². The lowest BCUT2D eigenvalue weighted by Gasteiger charge is -2.27. The van der Waals surface area contributed by atoms with Crippen molar-refractivity contribution < 1.29 is 18.3 Å². The number of sulfonamides is 1. The lowest BCUT2D eigenvalue weighted by atomic mass is 9.88. The molecule has 1 fully saturated rings. The lowest BCUT2D eigenvalue weighted by molar-refractivity contribution is 0.0695. The van der Waals surface area contributed by atoms with E-state index in [4.69, 9.17) is 0 Å². The van der Waals surface area contributed by atoms with Gasteiger partial charge in [0.2, 0.25) is 10.0 Å². The van der Waals surface area contributed by atoms with Crippen LogP contribution in [0.25, 0.3) is 0 Å². The molecule has 0 spiro atoms. The maximum Gasteiger partial charge on any atom is 0.336 e. The molecule has 1 heterocycles. The molecule has 6 heteroatoms. The van der Waals surface area contributed by atoms with Crippen LogP contribution >= 0.6 is 0 Å². The maximum atomic E-state index is 12.8. The van der Waals surface area contributed by atoms with Crippen LogP contribution in [0.2, 0.25) is 0 Å². The zero-order valence-corrected chi connectivity index (χ0v) is 13.4. The molecule has 1 aliphatic carbocycles. The summed E-state index contributed by atoms with van der Waals surface area (Å²) in [6.45, 7) is 1.06. The fraction of sp³-hybridized carbons (Fsp3) is 0.562. The molecule has 0 unspecified atom stereocenters. The Labute approximate surface area is 131 Å². The number of hydrogen-bond acceptors (Lipinski definition) is 3. The maximum absolute atomic E-state index is 12.8. The first-order valence-corrected chi connectivity index (χ1v) is 9.33. The molecule has 3 rings (SSSR count). The van der Waals surface area contributed by atoms with Crippen LogP contribution in [-0.4, -0.2) is 36.9 Å². The second-order valence-corrected chi connectivity index (χ2v) is 8.02. The summed E-state index contributed by atoms with van der Waals surface area (Å²) in [5, 5.41) is 9.43. The van der Waals surface area contributed by atoms with E-state index in [1.165, 1.54) is 10.4 Å². The minimum atomic E-state index is -3.58. The molecule has 0 saturated carbocycles. The van der Waals surface area contributed by atoms with Gasteiger partial charge < -0.3 is 5.11 Å². The molecule has 0 bridgehead atoms. The minimum absolute atomic E-state index is 0.146. The summed E-state index contributed by atoms with van der Waals surface area (Å²) in [6.07, 6.45) is 6.23. The third-order valence-electron chi connectivity index (χ3n) is 4.62. The van der Waals surface area contributed by atoms with Crippen molar-refractivity contribution in [2.75, 3.05) is 13.1 Å². The Morgan fingerprint density at radius 2 is 1.68 bits per heavy atom. The van der Waals surface area contributed by atoms with E-state index in [1.807, 2.05) is 0 Å². The molecule has 1 saturated heterocycles. The summed E-state index contributed by atoms with van der Waals surface area (Å²) in [6, 6.07) is 3.06. The van der Waals surface area contributed by atoms with Gasteiger partial charge in [0.05, 0.1) is 10.5 Å². The van der Waals surface area contributed by atoms with Gasteiger partial charge in [-0.05, 0) is 61.8 Å². The van der Waals surface area contributed by atoms with Crippen LogP contribution in [0.4, 0.5) is 0 Å². The number of piperidine rings is 1. The van der Waals surface area contributed by atoms with Gasteiger partial charge in [-0.3, -0.25) is 0 Å². The van der Waals surface area contributed by atoms with Crippen molar-refractivity contribution in [1.82, 2.24) is 4.31 Å². The van der Waals surface area contributed by atoms with Crippen LogP contribution < -0.4 is 0 Å². The Morgan fingerprint density at radius 1 is 1.00 bits per heavy atom. The molecule has 0 aromatic heterocycles. The Bertz CT molecular complexity index is 690. The molecular formula is C16H21NO4S.